The Morgan fingerprint density at radius 3 is 2.85 bits per heavy atom. The van der Waals surface area contributed by atoms with Gasteiger partial charge >= 0.3 is 0 Å². The van der Waals surface area contributed by atoms with E-state index in [1.807, 2.05) is 15.8 Å². The Labute approximate surface area is 204 Å². The van der Waals surface area contributed by atoms with Gasteiger partial charge in [-0.05, 0) is 68.1 Å². The molecule has 3 aromatic heterocycles. The van der Waals surface area contributed by atoms with Gasteiger partial charge in [0.2, 0.25) is 0 Å². The maximum atomic E-state index is 14.0. The summed E-state index contributed by atoms with van der Waals surface area (Å²) in [5.41, 5.74) is 7.41. The van der Waals surface area contributed by atoms with Crippen molar-refractivity contribution in [3.05, 3.63) is 33.9 Å². The molecule has 2 saturated heterocycles. The molecule has 0 aliphatic carbocycles. The zero-order chi connectivity index (χ0) is 23.1. The number of fused-ring (bicyclic) bond motifs is 1. The van der Waals surface area contributed by atoms with Crippen molar-refractivity contribution in [1.82, 2.24) is 29.3 Å². The average Bonchev–Trinajstić information content (AvgIpc) is 3.36. The van der Waals surface area contributed by atoms with Gasteiger partial charge in [0.25, 0.3) is 5.91 Å². The number of halogens is 2. The highest BCUT2D eigenvalue weighted by Gasteiger charge is 2.27. The molecule has 0 bridgehead atoms. The van der Waals surface area contributed by atoms with Crippen molar-refractivity contribution in [2.24, 2.45) is 5.73 Å². The molecule has 2 aliphatic rings. The van der Waals surface area contributed by atoms with Crippen LogP contribution in [0.15, 0.2) is 24.7 Å². The summed E-state index contributed by atoms with van der Waals surface area (Å²) >= 11 is 2.14. The summed E-state index contributed by atoms with van der Waals surface area (Å²) in [6, 6.07) is 1.85. The van der Waals surface area contributed by atoms with E-state index in [2.05, 4.69) is 55.0 Å². The van der Waals surface area contributed by atoms with E-state index in [9.17, 15) is 9.18 Å². The molecule has 0 aromatic carbocycles. The van der Waals surface area contributed by atoms with Gasteiger partial charge in [-0.25, -0.2) is 13.9 Å². The minimum Gasteiger partial charge on any atom is -0.352 e. The van der Waals surface area contributed by atoms with E-state index in [1.165, 1.54) is 6.20 Å². The van der Waals surface area contributed by atoms with Crippen LogP contribution in [-0.4, -0.2) is 80.6 Å². The topological polar surface area (TPSA) is 110 Å². The van der Waals surface area contributed by atoms with Crippen LogP contribution in [-0.2, 0) is 0 Å². The molecule has 1 amide bonds. The standard InChI is InChI=1S/C21H27FIN9O/c1-29-5-2-15(3-6-29)32-12-17(19(23)28-32)26-21(33)16-9-25-31-7-4-18(27-20(16)31)30-10-13(22)8-14(24)11-30/h4,7,9,12-15H,2-3,5-6,8,10-11,24H2,1H3,(H,26,33). The molecular weight excluding hydrogens is 540 g/mol. The summed E-state index contributed by atoms with van der Waals surface area (Å²) in [6.45, 7) is 2.82. The number of likely N-dealkylation sites (tertiary alicyclic amines) is 1. The van der Waals surface area contributed by atoms with Crippen molar-refractivity contribution in [3.8, 4) is 0 Å². The number of piperidine rings is 2. The highest BCUT2D eigenvalue weighted by Crippen LogP contribution is 2.26. The molecule has 10 nitrogen and oxygen atoms in total. The minimum atomic E-state index is -0.998. The number of anilines is 2. The number of aromatic nitrogens is 5. The average molecular weight is 567 g/mol. The Morgan fingerprint density at radius 1 is 1.30 bits per heavy atom. The predicted molar refractivity (Wildman–Crippen MR) is 131 cm³/mol. The number of carbonyl (C=O) groups excluding carboxylic acids is 1. The monoisotopic (exact) mass is 567 g/mol. The number of nitrogens with one attached hydrogen (secondary N) is 1. The van der Waals surface area contributed by atoms with E-state index in [0.717, 1.165) is 29.6 Å². The molecule has 5 rings (SSSR count). The van der Waals surface area contributed by atoms with Gasteiger partial charge in [0, 0.05) is 25.0 Å². The van der Waals surface area contributed by atoms with Crippen LogP contribution < -0.4 is 16.0 Å². The van der Waals surface area contributed by atoms with E-state index in [4.69, 9.17) is 5.73 Å². The first-order valence-electron chi connectivity index (χ1n) is 11.1. The van der Waals surface area contributed by atoms with Gasteiger partial charge in [-0.2, -0.15) is 10.2 Å². The van der Waals surface area contributed by atoms with Crippen molar-refractivity contribution >= 4 is 45.7 Å². The summed E-state index contributed by atoms with van der Waals surface area (Å²) in [7, 11) is 2.12. The van der Waals surface area contributed by atoms with E-state index in [-0.39, 0.29) is 18.5 Å². The maximum Gasteiger partial charge on any atom is 0.261 e. The fraction of sp³-hybridized carbons (Fsp3) is 0.524. The lowest BCUT2D eigenvalue weighted by molar-refractivity contribution is 0.102. The molecule has 2 aliphatic heterocycles. The van der Waals surface area contributed by atoms with Crippen LogP contribution in [0.2, 0.25) is 0 Å². The number of nitrogens with two attached hydrogens (primary N) is 1. The summed E-state index contributed by atoms with van der Waals surface area (Å²) in [4.78, 5) is 21.9. The van der Waals surface area contributed by atoms with Crippen molar-refractivity contribution in [2.75, 3.05) is 43.4 Å². The number of alkyl halides is 1. The van der Waals surface area contributed by atoms with Gasteiger partial charge in [0.1, 0.15) is 21.3 Å². The molecule has 33 heavy (non-hydrogen) atoms. The van der Waals surface area contributed by atoms with E-state index in [0.29, 0.717) is 41.7 Å². The Bertz CT molecular complexity index is 1150. The number of rotatable bonds is 4. The molecule has 0 spiro atoms. The van der Waals surface area contributed by atoms with Crippen LogP contribution in [0.1, 0.15) is 35.7 Å². The van der Waals surface area contributed by atoms with E-state index >= 15 is 0 Å². The van der Waals surface area contributed by atoms with Crippen LogP contribution >= 0.6 is 22.6 Å². The van der Waals surface area contributed by atoms with Crippen molar-refractivity contribution in [3.63, 3.8) is 0 Å². The van der Waals surface area contributed by atoms with Gasteiger partial charge < -0.3 is 20.9 Å². The molecule has 176 valence electrons. The first-order valence-corrected chi connectivity index (χ1v) is 12.2. The zero-order valence-corrected chi connectivity index (χ0v) is 20.5. The second kappa shape index (κ2) is 9.14. The Morgan fingerprint density at radius 2 is 2.09 bits per heavy atom. The summed E-state index contributed by atoms with van der Waals surface area (Å²) < 4.78 is 18.3. The van der Waals surface area contributed by atoms with Crippen LogP contribution in [0.5, 0.6) is 0 Å². The molecule has 0 saturated carbocycles. The molecule has 5 heterocycles. The quantitative estimate of drug-likeness (QED) is 0.464. The fourth-order valence-corrected chi connectivity index (χ4v) is 5.07. The van der Waals surface area contributed by atoms with Crippen molar-refractivity contribution in [2.45, 2.75) is 37.5 Å². The third-order valence-corrected chi connectivity index (χ3v) is 7.15. The highest BCUT2D eigenvalue weighted by atomic mass is 127. The normalized spacial score (nSPS) is 22.7. The molecule has 2 unspecified atom stereocenters. The lowest BCUT2D eigenvalue weighted by Crippen LogP contribution is -2.48. The van der Waals surface area contributed by atoms with Crippen LogP contribution in [0.25, 0.3) is 5.65 Å². The van der Waals surface area contributed by atoms with Crippen LogP contribution in [0.4, 0.5) is 15.9 Å². The predicted octanol–water partition coefficient (Wildman–Crippen LogP) is 1.92. The van der Waals surface area contributed by atoms with Crippen LogP contribution in [0, 0.1) is 3.70 Å². The third kappa shape index (κ3) is 4.68. The van der Waals surface area contributed by atoms with Gasteiger partial charge in [0.15, 0.2) is 5.65 Å². The van der Waals surface area contributed by atoms with Crippen molar-refractivity contribution < 1.29 is 9.18 Å². The lowest BCUT2D eigenvalue weighted by Gasteiger charge is -2.33. The first kappa shape index (κ1) is 22.5. The highest BCUT2D eigenvalue weighted by molar-refractivity contribution is 14.1. The minimum absolute atomic E-state index is 0.237. The second-order valence-corrected chi connectivity index (χ2v) is 9.93. The van der Waals surface area contributed by atoms with Crippen LogP contribution in [0.3, 0.4) is 0 Å². The van der Waals surface area contributed by atoms with E-state index < -0.39 is 6.17 Å². The third-order valence-electron chi connectivity index (χ3n) is 6.35. The van der Waals surface area contributed by atoms with Gasteiger partial charge in [-0.15, -0.1) is 0 Å². The summed E-state index contributed by atoms with van der Waals surface area (Å²) in [6.07, 6.45) is 6.53. The molecule has 3 N–H and O–H groups in total. The molecule has 3 aromatic rings. The smallest absolute Gasteiger partial charge is 0.261 e. The SMILES string of the molecule is CN1CCC(n2cc(NC(=O)c3cnn4ccc(N5CC(N)CC(F)C5)nc34)c(I)n2)CC1. The summed E-state index contributed by atoms with van der Waals surface area (Å²) in [5, 5.41) is 11.8. The number of hydrogen-bond donors (Lipinski definition) is 2. The zero-order valence-electron chi connectivity index (χ0n) is 18.4. The largest absolute Gasteiger partial charge is 0.352 e. The summed E-state index contributed by atoms with van der Waals surface area (Å²) in [5.74, 6) is 0.272. The number of nitrogens with zero attached hydrogens (tertiary/aromatic N) is 7. The Kier molecular flexibility index (Phi) is 6.22. The van der Waals surface area contributed by atoms with Gasteiger partial charge in [-0.1, -0.05) is 0 Å². The molecule has 12 heteroatoms. The number of carbonyl (C=O) groups is 1. The Hall–Kier alpha value is -2.32. The molecule has 2 atom stereocenters. The lowest BCUT2D eigenvalue weighted by atomic mass is 10.1. The second-order valence-electron chi connectivity index (χ2n) is 8.91. The first-order chi connectivity index (χ1) is 15.9. The van der Waals surface area contributed by atoms with E-state index in [1.54, 1.807) is 16.8 Å². The molecule has 2 fully saturated rings. The number of amides is 1. The van der Waals surface area contributed by atoms with Crippen molar-refractivity contribution in [1.29, 1.82) is 0 Å². The number of hydrogen-bond acceptors (Lipinski definition) is 7. The molecule has 0 radical (unpaired) electrons. The maximum absolute atomic E-state index is 14.0. The Balaban J connectivity index is 1.36. The molecular formula is C21H27FIN9O. The van der Waals surface area contributed by atoms with Gasteiger partial charge in [-0.3, -0.25) is 9.48 Å². The van der Waals surface area contributed by atoms with Gasteiger partial charge in [0.05, 0.1) is 24.5 Å². The fourth-order valence-electron chi connectivity index (χ4n) is 4.55.